The molecular formula is C53H94NO7P. The second kappa shape index (κ2) is 49.7. The van der Waals surface area contributed by atoms with Crippen LogP contribution in [0, 0.1) is 0 Å². The molecule has 0 aliphatic heterocycles. The molecule has 0 heterocycles. The minimum atomic E-state index is -4.29. The monoisotopic (exact) mass is 888 g/mol. The van der Waals surface area contributed by atoms with E-state index in [-0.39, 0.29) is 32.3 Å². The molecule has 0 spiro atoms. The van der Waals surface area contributed by atoms with Crippen molar-refractivity contribution in [3.05, 3.63) is 85.1 Å². The van der Waals surface area contributed by atoms with Crippen molar-refractivity contribution in [3.8, 4) is 0 Å². The first-order valence-electron chi connectivity index (χ1n) is 25.1. The van der Waals surface area contributed by atoms with Crippen molar-refractivity contribution in [1.29, 1.82) is 0 Å². The Balaban J connectivity index is 4.00. The van der Waals surface area contributed by atoms with E-state index >= 15 is 0 Å². The number of allylic oxidation sites excluding steroid dienone is 14. The van der Waals surface area contributed by atoms with Crippen LogP contribution in [-0.2, 0) is 27.9 Å². The molecule has 0 bridgehead atoms. The molecule has 3 N–H and O–H groups in total. The molecule has 0 aliphatic carbocycles. The molecule has 0 aliphatic rings. The number of rotatable bonds is 47. The third-order valence-corrected chi connectivity index (χ3v) is 11.3. The summed E-state index contributed by atoms with van der Waals surface area (Å²) >= 11 is 0. The van der Waals surface area contributed by atoms with Crippen LogP contribution in [0.2, 0.25) is 0 Å². The molecule has 0 radical (unpaired) electrons. The average Bonchev–Trinajstić information content (AvgIpc) is 3.26. The van der Waals surface area contributed by atoms with E-state index in [1.807, 2.05) is 0 Å². The molecule has 0 saturated carbocycles. The van der Waals surface area contributed by atoms with Crippen LogP contribution in [-0.4, -0.2) is 49.9 Å². The number of hydrogen-bond donors (Lipinski definition) is 2. The molecule has 0 saturated heterocycles. The molecular weight excluding hydrogens is 794 g/mol. The zero-order valence-corrected chi connectivity index (χ0v) is 40.7. The lowest BCUT2D eigenvalue weighted by atomic mass is 10.0. The number of unbranched alkanes of at least 4 members (excludes halogenated alkanes) is 20. The van der Waals surface area contributed by atoms with Gasteiger partial charge in [0.15, 0.2) is 0 Å². The van der Waals surface area contributed by atoms with Gasteiger partial charge in [-0.1, -0.05) is 195 Å². The normalized spacial score (nSPS) is 14.1. The Morgan fingerprint density at radius 3 is 1.35 bits per heavy atom. The number of esters is 1. The fourth-order valence-corrected chi connectivity index (χ4v) is 7.41. The van der Waals surface area contributed by atoms with Gasteiger partial charge in [-0.15, -0.1) is 0 Å². The molecule has 62 heavy (non-hydrogen) atoms. The molecule has 9 heteroatoms. The highest BCUT2D eigenvalue weighted by Gasteiger charge is 2.25. The number of hydrogen-bond acceptors (Lipinski definition) is 7. The van der Waals surface area contributed by atoms with Crippen LogP contribution in [0.15, 0.2) is 85.1 Å². The maximum atomic E-state index is 12.7. The van der Waals surface area contributed by atoms with Crippen molar-refractivity contribution in [1.82, 2.24) is 0 Å². The van der Waals surface area contributed by atoms with Crippen LogP contribution >= 0.6 is 7.82 Å². The Morgan fingerprint density at radius 1 is 0.500 bits per heavy atom. The fraction of sp³-hybridized carbons (Fsp3) is 0.717. The third kappa shape index (κ3) is 48.7. The lowest BCUT2D eigenvalue weighted by Gasteiger charge is -2.20. The van der Waals surface area contributed by atoms with Gasteiger partial charge in [-0.05, 0) is 89.9 Å². The van der Waals surface area contributed by atoms with Crippen LogP contribution in [0.25, 0.3) is 0 Å². The summed E-state index contributed by atoms with van der Waals surface area (Å²) in [6, 6.07) is 0. The molecule has 0 aromatic rings. The summed E-state index contributed by atoms with van der Waals surface area (Å²) in [5.74, 6) is -0.344. The summed E-state index contributed by atoms with van der Waals surface area (Å²) < 4.78 is 33.5. The Labute approximate surface area is 381 Å². The Bertz CT molecular complexity index is 1220. The lowest BCUT2D eigenvalue weighted by molar-refractivity contribution is -0.154. The first-order valence-corrected chi connectivity index (χ1v) is 26.6. The van der Waals surface area contributed by atoms with E-state index in [1.54, 1.807) is 0 Å². The van der Waals surface area contributed by atoms with E-state index in [9.17, 15) is 14.3 Å². The highest BCUT2D eigenvalue weighted by molar-refractivity contribution is 7.47. The third-order valence-electron chi connectivity index (χ3n) is 10.3. The molecule has 2 atom stereocenters. The number of carbonyl (C=O) groups excluding carboxylic acids is 1. The lowest BCUT2D eigenvalue weighted by Crippen LogP contribution is -2.28. The average molecular weight is 888 g/mol. The molecule has 0 aromatic carbocycles. The van der Waals surface area contributed by atoms with Gasteiger partial charge in [0.2, 0.25) is 0 Å². The minimum Gasteiger partial charge on any atom is -0.457 e. The summed E-state index contributed by atoms with van der Waals surface area (Å²) in [5.41, 5.74) is 5.38. The molecule has 0 aromatic heterocycles. The summed E-state index contributed by atoms with van der Waals surface area (Å²) in [6.07, 6.45) is 64.7. The van der Waals surface area contributed by atoms with Crippen LogP contribution < -0.4 is 5.73 Å². The van der Waals surface area contributed by atoms with Crippen LogP contribution in [0.1, 0.15) is 206 Å². The van der Waals surface area contributed by atoms with Crippen LogP contribution in [0.3, 0.4) is 0 Å². The van der Waals surface area contributed by atoms with Crippen molar-refractivity contribution in [2.45, 2.75) is 213 Å². The Morgan fingerprint density at radius 2 is 0.903 bits per heavy atom. The van der Waals surface area contributed by atoms with Gasteiger partial charge in [0.1, 0.15) is 6.10 Å². The molecule has 2 unspecified atom stereocenters. The topological polar surface area (TPSA) is 117 Å². The van der Waals surface area contributed by atoms with Gasteiger partial charge < -0.3 is 20.1 Å². The zero-order valence-electron chi connectivity index (χ0n) is 39.8. The second-order valence-corrected chi connectivity index (χ2v) is 17.7. The van der Waals surface area contributed by atoms with Crippen molar-refractivity contribution < 1.29 is 32.8 Å². The van der Waals surface area contributed by atoms with E-state index in [2.05, 4.69) is 98.9 Å². The predicted octanol–water partition coefficient (Wildman–Crippen LogP) is 15.6. The van der Waals surface area contributed by atoms with Crippen molar-refractivity contribution >= 4 is 13.8 Å². The largest absolute Gasteiger partial charge is 0.472 e. The van der Waals surface area contributed by atoms with Crippen molar-refractivity contribution in [2.75, 3.05) is 33.0 Å². The van der Waals surface area contributed by atoms with Gasteiger partial charge in [-0.25, -0.2) is 4.57 Å². The number of carbonyl (C=O) groups is 1. The molecule has 0 rings (SSSR count). The summed E-state index contributed by atoms with van der Waals surface area (Å²) in [5, 5.41) is 0. The van der Waals surface area contributed by atoms with Gasteiger partial charge in [-0.2, -0.15) is 0 Å². The standard InChI is InChI=1S/C53H94NO7P/c1-3-5-7-9-11-13-15-17-19-21-23-24-25-26-27-28-29-30-32-34-36-38-40-42-44-46-53(55)61-52(51-60-62(56,57)59-49-47-54)50-58-48-45-43-41-39-37-35-33-31-22-20-18-16-14-12-10-8-6-4-2/h6,8,12,14-15,17-18,20-21,23,25-26,31,33,52H,3-5,7,9-11,13,16,19,22,24,27-30,32,34-51,54H2,1-2H3,(H,56,57)/b8-6-,14-12-,17-15-,20-18-,23-21-,26-25-,33-31-. The second-order valence-electron chi connectivity index (χ2n) is 16.3. The van der Waals surface area contributed by atoms with Crippen molar-refractivity contribution in [3.63, 3.8) is 0 Å². The maximum Gasteiger partial charge on any atom is 0.472 e. The smallest absolute Gasteiger partial charge is 0.457 e. The number of nitrogens with two attached hydrogens (primary N) is 1. The highest BCUT2D eigenvalue weighted by Crippen LogP contribution is 2.43. The Kier molecular flexibility index (Phi) is 47.8. The van der Waals surface area contributed by atoms with E-state index in [0.29, 0.717) is 13.0 Å². The molecule has 0 fully saturated rings. The fourth-order valence-electron chi connectivity index (χ4n) is 6.64. The summed E-state index contributed by atoms with van der Waals surface area (Å²) in [6.45, 7) is 4.74. The van der Waals surface area contributed by atoms with Gasteiger partial charge in [0.25, 0.3) is 0 Å². The minimum absolute atomic E-state index is 0.0920. The van der Waals surface area contributed by atoms with E-state index in [1.165, 1.54) is 103 Å². The van der Waals surface area contributed by atoms with Gasteiger partial charge in [0, 0.05) is 19.6 Å². The van der Waals surface area contributed by atoms with E-state index in [0.717, 1.165) is 83.5 Å². The Hall–Kier alpha value is -2.32. The number of phosphoric ester groups is 1. The van der Waals surface area contributed by atoms with E-state index < -0.39 is 13.9 Å². The van der Waals surface area contributed by atoms with Crippen LogP contribution in [0.4, 0.5) is 0 Å². The molecule has 0 amide bonds. The SMILES string of the molecule is CC/C=C\C/C=C\C/C=C\C/C=C\CCCCCCCOCC(COP(=O)(O)OCCN)OC(=O)CCCCCCCCCCCC/C=C\C/C=C\C/C=C\CCCCCCC. The zero-order chi connectivity index (χ0) is 45.1. The summed E-state index contributed by atoms with van der Waals surface area (Å²) in [7, 11) is -4.29. The first-order chi connectivity index (χ1) is 30.4. The highest BCUT2D eigenvalue weighted by atomic mass is 31.2. The maximum absolute atomic E-state index is 12.7. The van der Waals surface area contributed by atoms with Crippen molar-refractivity contribution in [2.24, 2.45) is 5.73 Å². The first kappa shape index (κ1) is 59.7. The predicted molar refractivity (Wildman–Crippen MR) is 265 cm³/mol. The van der Waals surface area contributed by atoms with Crippen LogP contribution in [0.5, 0.6) is 0 Å². The molecule has 358 valence electrons. The quantitative estimate of drug-likeness (QED) is 0.0269. The van der Waals surface area contributed by atoms with Gasteiger partial charge in [0.05, 0.1) is 19.8 Å². The number of phosphoric acid groups is 1. The summed E-state index contributed by atoms with van der Waals surface area (Å²) in [4.78, 5) is 22.6. The van der Waals surface area contributed by atoms with Gasteiger partial charge in [-0.3, -0.25) is 13.8 Å². The molecule has 8 nitrogen and oxygen atoms in total. The van der Waals surface area contributed by atoms with E-state index in [4.69, 9.17) is 24.3 Å². The van der Waals surface area contributed by atoms with Gasteiger partial charge >= 0.3 is 13.8 Å². The number of ether oxygens (including phenoxy) is 2.